The van der Waals surface area contributed by atoms with E-state index in [4.69, 9.17) is 0 Å². The number of benzene rings is 1. The van der Waals surface area contributed by atoms with E-state index >= 15 is 0 Å². The predicted octanol–water partition coefficient (Wildman–Crippen LogP) is 3.54. The van der Waals surface area contributed by atoms with Crippen molar-refractivity contribution in [1.29, 1.82) is 0 Å². The SMILES string of the molecule is C[C@H]1CCN(C(=O)[C@@H]2CCCc3nn(CC4(c5ccc(C(F)(F)F)cc5)CC4)c(=O)n32)C1. The normalized spacial score (nSPS) is 24.4. The summed E-state index contributed by atoms with van der Waals surface area (Å²) in [5, 5.41) is 4.55. The first-order valence-corrected chi connectivity index (χ1v) is 11.3. The average molecular weight is 448 g/mol. The van der Waals surface area contributed by atoms with Crippen LogP contribution in [0.2, 0.25) is 0 Å². The second-order valence-corrected chi connectivity index (χ2v) is 9.67. The number of amides is 1. The summed E-state index contributed by atoms with van der Waals surface area (Å²) in [5.74, 6) is 1.11. The van der Waals surface area contributed by atoms with Crippen molar-refractivity contribution >= 4 is 5.91 Å². The molecule has 2 atom stereocenters. The summed E-state index contributed by atoms with van der Waals surface area (Å²) in [6.07, 6.45) is 0.281. The number of likely N-dealkylation sites (tertiary alicyclic amines) is 1. The minimum absolute atomic E-state index is 0.000764. The Morgan fingerprint density at radius 2 is 1.91 bits per heavy atom. The number of rotatable bonds is 4. The lowest BCUT2D eigenvalue weighted by Gasteiger charge is -2.27. The van der Waals surface area contributed by atoms with E-state index in [-0.39, 0.29) is 17.0 Å². The molecule has 6 nitrogen and oxygen atoms in total. The largest absolute Gasteiger partial charge is 0.416 e. The first kappa shape index (κ1) is 21.3. The number of carbonyl (C=O) groups excluding carboxylic acids is 1. The van der Waals surface area contributed by atoms with Gasteiger partial charge in [0.25, 0.3) is 0 Å². The van der Waals surface area contributed by atoms with Crippen molar-refractivity contribution in [2.24, 2.45) is 5.92 Å². The number of nitrogens with zero attached hydrogens (tertiary/aromatic N) is 4. The number of aromatic nitrogens is 3. The molecule has 1 saturated carbocycles. The fourth-order valence-electron chi connectivity index (χ4n) is 5.20. The van der Waals surface area contributed by atoms with Gasteiger partial charge in [0.2, 0.25) is 5.91 Å². The van der Waals surface area contributed by atoms with E-state index in [1.807, 2.05) is 4.90 Å². The van der Waals surface area contributed by atoms with Crippen LogP contribution in [0.3, 0.4) is 0 Å². The van der Waals surface area contributed by atoms with Crippen LogP contribution in [0.15, 0.2) is 29.1 Å². The van der Waals surface area contributed by atoms with Crippen LogP contribution in [0.25, 0.3) is 0 Å². The van der Waals surface area contributed by atoms with Crippen molar-refractivity contribution in [3.63, 3.8) is 0 Å². The van der Waals surface area contributed by atoms with E-state index in [0.717, 1.165) is 56.5 Å². The first-order valence-electron chi connectivity index (χ1n) is 11.3. The molecule has 0 N–H and O–H groups in total. The molecule has 1 saturated heterocycles. The maximum Gasteiger partial charge on any atom is 0.416 e. The number of aryl methyl sites for hydroxylation is 1. The highest BCUT2D eigenvalue weighted by Gasteiger charge is 2.46. The van der Waals surface area contributed by atoms with E-state index in [9.17, 15) is 22.8 Å². The number of halogens is 3. The van der Waals surface area contributed by atoms with Crippen LogP contribution in [0.1, 0.15) is 62.0 Å². The van der Waals surface area contributed by atoms with E-state index < -0.39 is 17.8 Å². The minimum atomic E-state index is -4.37. The Hall–Kier alpha value is -2.58. The Bertz CT molecular complexity index is 1080. The Balaban J connectivity index is 1.40. The smallest absolute Gasteiger partial charge is 0.341 e. The monoisotopic (exact) mass is 448 g/mol. The van der Waals surface area contributed by atoms with Gasteiger partial charge in [-0.1, -0.05) is 19.1 Å². The van der Waals surface area contributed by atoms with Crippen LogP contribution in [0, 0.1) is 5.92 Å². The highest BCUT2D eigenvalue weighted by Crippen LogP contribution is 2.49. The van der Waals surface area contributed by atoms with Crippen molar-refractivity contribution in [1.82, 2.24) is 19.2 Å². The molecule has 9 heteroatoms. The molecule has 32 heavy (non-hydrogen) atoms. The maximum absolute atomic E-state index is 13.3. The summed E-state index contributed by atoms with van der Waals surface area (Å²) >= 11 is 0. The van der Waals surface area contributed by atoms with Crippen molar-refractivity contribution in [3.05, 3.63) is 51.7 Å². The molecular weight excluding hydrogens is 421 g/mol. The fourth-order valence-corrected chi connectivity index (χ4v) is 5.20. The number of hydrogen-bond donors (Lipinski definition) is 0. The highest BCUT2D eigenvalue weighted by molar-refractivity contribution is 5.81. The van der Waals surface area contributed by atoms with Gasteiger partial charge >= 0.3 is 11.9 Å². The third-order valence-corrected chi connectivity index (χ3v) is 7.28. The quantitative estimate of drug-likeness (QED) is 0.719. The Morgan fingerprint density at radius 1 is 1.19 bits per heavy atom. The average Bonchev–Trinajstić information content (AvgIpc) is 3.31. The molecule has 172 valence electrons. The van der Waals surface area contributed by atoms with Crippen molar-refractivity contribution < 1.29 is 18.0 Å². The Kier molecular flexibility index (Phi) is 4.98. The highest BCUT2D eigenvalue weighted by atomic mass is 19.4. The lowest BCUT2D eigenvalue weighted by Crippen LogP contribution is -2.42. The summed E-state index contributed by atoms with van der Waals surface area (Å²) in [6, 6.07) is 4.71. The van der Waals surface area contributed by atoms with Gasteiger partial charge in [-0.25, -0.2) is 9.48 Å². The van der Waals surface area contributed by atoms with E-state index in [0.29, 0.717) is 31.1 Å². The lowest BCUT2D eigenvalue weighted by molar-refractivity contribution is -0.137. The molecule has 2 fully saturated rings. The molecule has 0 radical (unpaired) electrons. The zero-order valence-corrected chi connectivity index (χ0v) is 18.1. The molecule has 3 heterocycles. The van der Waals surface area contributed by atoms with Gasteiger partial charge in [0.05, 0.1) is 12.1 Å². The third kappa shape index (κ3) is 3.65. The summed E-state index contributed by atoms with van der Waals surface area (Å²) < 4.78 is 41.7. The van der Waals surface area contributed by atoms with Crippen molar-refractivity contribution in [3.8, 4) is 0 Å². The van der Waals surface area contributed by atoms with E-state index in [1.54, 1.807) is 4.57 Å². The molecule has 0 unspecified atom stereocenters. The van der Waals surface area contributed by atoms with E-state index in [2.05, 4.69) is 12.0 Å². The standard InChI is InChI=1S/C23H27F3N4O2/c1-15-9-12-28(13-15)20(31)18-3-2-4-19-27-29(21(32)30(18)19)14-22(10-11-22)16-5-7-17(8-6-16)23(24,25)26/h5-8,15,18H,2-4,9-14H2,1H3/t15-,18-/m0/s1. The third-order valence-electron chi connectivity index (χ3n) is 7.28. The molecule has 5 rings (SSSR count). The molecular formula is C23H27F3N4O2. The van der Waals surface area contributed by atoms with Crippen LogP contribution in [-0.2, 0) is 29.4 Å². The number of carbonyl (C=O) groups is 1. The first-order chi connectivity index (χ1) is 15.2. The Morgan fingerprint density at radius 3 is 2.50 bits per heavy atom. The fraction of sp³-hybridized carbons (Fsp3) is 0.609. The van der Waals surface area contributed by atoms with Crippen LogP contribution in [0.5, 0.6) is 0 Å². The van der Waals surface area contributed by atoms with Crippen LogP contribution >= 0.6 is 0 Å². The van der Waals surface area contributed by atoms with Gasteiger partial charge in [0, 0.05) is 24.9 Å². The number of hydrogen-bond acceptors (Lipinski definition) is 3. The molecule has 3 aliphatic rings. The minimum Gasteiger partial charge on any atom is -0.341 e. The molecule has 2 aromatic rings. The molecule has 1 aliphatic carbocycles. The van der Waals surface area contributed by atoms with Crippen molar-refractivity contribution in [2.45, 2.75) is 69.6 Å². The number of fused-ring (bicyclic) bond motifs is 1. The van der Waals surface area contributed by atoms with E-state index in [1.165, 1.54) is 16.8 Å². The molecule has 0 bridgehead atoms. The lowest BCUT2D eigenvalue weighted by atomic mass is 9.95. The second kappa shape index (κ2) is 7.49. The van der Waals surface area contributed by atoms with Crippen LogP contribution in [0.4, 0.5) is 13.2 Å². The zero-order valence-electron chi connectivity index (χ0n) is 18.1. The van der Waals surface area contributed by atoms with Gasteiger partial charge in [0.15, 0.2) is 0 Å². The molecule has 1 aromatic carbocycles. The van der Waals surface area contributed by atoms with Gasteiger partial charge in [-0.15, -0.1) is 0 Å². The summed E-state index contributed by atoms with van der Waals surface area (Å²) in [6.45, 7) is 3.90. The Labute approximate surface area is 184 Å². The van der Waals surface area contributed by atoms with Gasteiger partial charge < -0.3 is 4.90 Å². The number of alkyl halides is 3. The molecule has 2 aliphatic heterocycles. The summed E-state index contributed by atoms with van der Waals surface area (Å²) in [5.41, 5.74) is -0.544. The topological polar surface area (TPSA) is 60.1 Å². The predicted molar refractivity (Wildman–Crippen MR) is 111 cm³/mol. The van der Waals surface area contributed by atoms with Crippen molar-refractivity contribution in [2.75, 3.05) is 13.1 Å². The van der Waals surface area contributed by atoms with Gasteiger partial charge in [-0.3, -0.25) is 9.36 Å². The summed E-state index contributed by atoms with van der Waals surface area (Å²) in [4.78, 5) is 28.3. The second-order valence-electron chi connectivity index (χ2n) is 9.67. The van der Waals surface area contributed by atoms with Gasteiger partial charge in [-0.2, -0.15) is 18.3 Å². The molecule has 0 spiro atoms. The molecule has 1 amide bonds. The summed E-state index contributed by atoms with van der Waals surface area (Å²) in [7, 11) is 0. The van der Waals surface area contributed by atoms with Crippen LogP contribution < -0.4 is 5.69 Å². The van der Waals surface area contributed by atoms with Crippen LogP contribution in [-0.4, -0.2) is 38.2 Å². The maximum atomic E-state index is 13.3. The molecule has 1 aromatic heterocycles. The van der Waals surface area contributed by atoms with Gasteiger partial charge in [0.1, 0.15) is 11.9 Å². The zero-order chi connectivity index (χ0) is 22.7. The van der Waals surface area contributed by atoms with Gasteiger partial charge in [-0.05, 0) is 55.7 Å².